The van der Waals surface area contributed by atoms with Gasteiger partial charge in [-0.15, -0.1) is 12.4 Å². The molecule has 0 aliphatic heterocycles. The maximum Gasteiger partial charge on any atom is 0.239 e. The molecule has 1 saturated carbocycles. The van der Waals surface area contributed by atoms with Crippen LogP contribution >= 0.6 is 12.4 Å². The van der Waals surface area contributed by atoms with Crippen molar-refractivity contribution in [1.29, 1.82) is 0 Å². The summed E-state index contributed by atoms with van der Waals surface area (Å²) in [5, 5.41) is 6.43. The SMILES string of the molecule is Cc1cc(NC(=O)CN(C)C(CN)C2CC2)no1.Cl. The number of carbonyl (C=O) groups excluding carboxylic acids is 1. The highest BCUT2D eigenvalue weighted by Gasteiger charge is 2.33. The second kappa shape index (κ2) is 6.88. The van der Waals surface area contributed by atoms with Crippen LogP contribution < -0.4 is 11.1 Å². The first kappa shape index (κ1) is 15.9. The van der Waals surface area contributed by atoms with Crippen molar-refractivity contribution in [3.05, 3.63) is 11.8 Å². The highest BCUT2D eigenvalue weighted by Crippen LogP contribution is 2.34. The van der Waals surface area contributed by atoms with E-state index in [1.807, 2.05) is 11.9 Å². The Balaban J connectivity index is 0.00000180. The lowest BCUT2D eigenvalue weighted by molar-refractivity contribution is -0.117. The molecule has 1 amide bonds. The van der Waals surface area contributed by atoms with E-state index in [2.05, 4.69) is 10.5 Å². The van der Waals surface area contributed by atoms with Gasteiger partial charge in [0.2, 0.25) is 5.91 Å². The number of rotatable bonds is 6. The second-order valence-electron chi connectivity index (χ2n) is 4.93. The summed E-state index contributed by atoms with van der Waals surface area (Å²) in [5.41, 5.74) is 5.75. The molecule has 0 bridgehead atoms. The van der Waals surface area contributed by atoms with Gasteiger partial charge in [-0.2, -0.15) is 0 Å². The Bertz CT molecular complexity index is 420. The molecule has 1 aromatic rings. The number of aryl methyl sites for hydroxylation is 1. The van der Waals surface area contributed by atoms with Crippen LogP contribution in [0.3, 0.4) is 0 Å². The van der Waals surface area contributed by atoms with Crippen LogP contribution in [-0.2, 0) is 4.79 Å². The smallest absolute Gasteiger partial charge is 0.239 e. The van der Waals surface area contributed by atoms with Crippen molar-refractivity contribution in [3.8, 4) is 0 Å². The van der Waals surface area contributed by atoms with Gasteiger partial charge in [-0.05, 0) is 32.7 Å². The molecule has 0 radical (unpaired) electrons. The minimum Gasteiger partial charge on any atom is -0.360 e. The molecule has 1 unspecified atom stereocenters. The lowest BCUT2D eigenvalue weighted by Crippen LogP contribution is -2.43. The number of likely N-dealkylation sites (N-methyl/N-ethyl adjacent to an activating group) is 1. The van der Waals surface area contributed by atoms with E-state index in [4.69, 9.17) is 10.3 Å². The van der Waals surface area contributed by atoms with Crippen molar-refractivity contribution < 1.29 is 9.32 Å². The number of halogens is 1. The minimum atomic E-state index is -0.0927. The summed E-state index contributed by atoms with van der Waals surface area (Å²) in [6.07, 6.45) is 2.44. The molecule has 1 fully saturated rings. The first-order valence-electron chi connectivity index (χ1n) is 6.23. The van der Waals surface area contributed by atoms with Crippen LogP contribution in [0.4, 0.5) is 5.82 Å². The van der Waals surface area contributed by atoms with Gasteiger partial charge in [-0.25, -0.2) is 0 Å². The van der Waals surface area contributed by atoms with Gasteiger partial charge in [0.25, 0.3) is 0 Å². The third-order valence-corrected chi connectivity index (χ3v) is 3.26. The van der Waals surface area contributed by atoms with Crippen molar-refractivity contribution in [2.75, 3.05) is 25.5 Å². The summed E-state index contributed by atoms with van der Waals surface area (Å²) in [6.45, 7) is 2.70. The zero-order valence-corrected chi connectivity index (χ0v) is 12.1. The van der Waals surface area contributed by atoms with E-state index in [-0.39, 0.29) is 18.3 Å². The quantitative estimate of drug-likeness (QED) is 0.816. The van der Waals surface area contributed by atoms with Crippen LogP contribution in [-0.4, -0.2) is 42.1 Å². The number of amides is 1. The lowest BCUT2D eigenvalue weighted by Gasteiger charge is -2.25. The number of hydrogen-bond donors (Lipinski definition) is 2. The first-order chi connectivity index (χ1) is 8.60. The Morgan fingerprint density at radius 1 is 1.68 bits per heavy atom. The Morgan fingerprint density at radius 2 is 2.37 bits per heavy atom. The number of nitrogens with zero attached hydrogens (tertiary/aromatic N) is 2. The van der Waals surface area contributed by atoms with Gasteiger partial charge in [-0.3, -0.25) is 9.69 Å². The van der Waals surface area contributed by atoms with Gasteiger partial charge in [0, 0.05) is 18.7 Å². The molecule has 6 nitrogen and oxygen atoms in total. The van der Waals surface area contributed by atoms with Crippen molar-refractivity contribution in [3.63, 3.8) is 0 Å². The molecule has 2 rings (SSSR count). The minimum absolute atomic E-state index is 0. The van der Waals surface area contributed by atoms with Gasteiger partial charge in [0.15, 0.2) is 5.82 Å². The monoisotopic (exact) mass is 288 g/mol. The standard InChI is InChI=1S/C12H20N4O2.ClH/c1-8-5-11(15-18-8)14-12(17)7-16(2)10(6-13)9-3-4-9;/h5,9-10H,3-4,6-7,13H2,1-2H3,(H,14,15,17);1H. The van der Waals surface area contributed by atoms with E-state index in [1.165, 1.54) is 12.8 Å². The third-order valence-electron chi connectivity index (χ3n) is 3.26. The number of carbonyl (C=O) groups is 1. The molecule has 1 heterocycles. The Kier molecular flexibility index (Phi) is 5.78. The fraction of sp³-hybridized carbons (Fsp3) is 0.667. The average molecular weight is 289 g/mol. The van der Waals surface area contributed by atoms with Crippen molar-refractivity contribution >= 4 is 24.1 Å². The number of nitrogens with two attached hydrogens (primary N) is 1. The number of nitrogens with one attached hydrogen (secondary N) is 1. The summed E-state index contributed by atoms with van der Waals surface area (Å²) >= 11 is 0. The van der Waals surface area contributed by atoms with Crippen molar-refractivity contribution in [2.45, 2.75) is 25.8 Å². The average Bonchev–Trinajstić information content (AvgIpc) is 3.04. The number of aromatic nitrogens is 1. The second-order valence-corrected chi connectivity index (χ2v) is 4.93. The van der Waals surface area contributed by atoms with Crippen LogP contribution in [0.25, 0.3) is 0 Å². The lowest BCUT2D eigenvalue weighted by atomic mass is 10.1. The molecule has 0 aromatic carbocycles. The van der Waals surface area contributed by atoms with E-state index in [0.717, 1.165) is 0 Å². The molecule has 108 valence electrons. The topological polar surface area (TPSA) is 84.4 Å². The number of hydrogen-bond acceptors (Lipinski definition) is 5. The van der Waals surface area contributed by atoms with Gasteiger partial charge >= 0.3 is 0 Å². The van der Waals surface area contributed by atoms with Gasteiger partial charge in [0.1, 0.15) is 5.76 Å². The predicted octanol–water partition coefficient (Wildman–Crippen LogP) is 1.01. The summed E-state index contributed by atoms with van der Waals surface area (Å²) in [7, 11) is 1.93. The predicted molar refractivity (Wildman–Crippen MR) is 75.3 cm³/mol. The van der Waals surface area contributed by atoms with Crippen LogP contribution in [0, 0.1) is 12.8 Å². The first-order valence-corrected chi connectivity index (χ1v) is 6.23. The maximum atomic E-state index is 11.8. The third kappa shape index (κ3) is 4.49. The van der Waals surface area contributed by atoms with E-state index in [9.17, 15) is 4.79 Å². The molecule has 7 heteroatoms. The largest absolute Gasteiger partial charge is 0.360 e. The molecule has 1 aliphatic carbocycles. The van der Waals surface area contributed by atoms with E-state index in [0.29, 0.717) is 36.6 Å². The molecule has 1 aliphatic rings. The van der Waals surface area contributed by atoms with Crippen LogP contribution in [0.2, 0.25) is 0 Å². The van der Waals surface area contributed by atoms with E-state index in [1.54, 1.807) is 13.0 Å². The Morgan fingerprint density at radius 3 is 2.84 bits per heavy atom. The van der Waals surface area contributed by atoms with Crippen LogP contribution in [0.1, 0.15) is 18.6 Å². The summed E-state index contributed by atoms with van der Waals surface area (Å²) in [5.74, 6) is 1.70. The maximum absolute atomic E-state index is 11.8. The molecule has 3 N–H and O–H groups in total. The normalized spacial score (nSPS) is 16.0. The van der Waals surface area contributed by atoms with Gasteiger partial charge < -0.3 is 15.6 Å². The van der Waals surface area contributed by atoms with Crippen LogP contribution in [0.15, 0.2) is 10.6 Å². The molecule has 0 spiro atoms. The van der Waals surface area contributed by atoms with Gasteiger partial charge in [0.05, 0.1) is 6.54 Å². The summed E-state index contributed by atoms with van der Waals surface area (Å²) < 4.78 is 4.89. The molecule has 19 heavy (non-hydrogen) atoms. The highest BCUT2D eigenvalue weighted by molar-refractivity contribution is 5.91. The zero-order valence-electron chi connectivity index (χ0n) is 11.3. The molecular weight excluding hydrogens is 268 g/mol. The summed E-state index contributed by atoms with van der Waals surface area (Å²) in [6, 6.07) is 1.99. The fourth-order valence-electron chi connectivity index (χ4n) is 2.16. The fourth-order valence-corrected chi connectivity index (χ4v) is 2.16. The Labute approximate surface area is 119 Å². The van der Waals surface area contributed by atoms with Gasteiger partial charge in [-0.1, -0.05) is 5.16 Å². The molecule has 0 saturated heterocycles. The molecule has 1 atom stereocenters. The van der Waals surface area contributed by atoms with E-state index >= 15 is 0 Å². The number of anilines is 1. The van der Waals surface area contributed by atoms with Crippen molar-refractivity contribution in [2.24, 2.45) is 11.7 Å². The van der Waals surface area contributed by atoms with Crippen LogP contribution in [0.5, 0.6) is 0 Å². The molecule has 1 aromatic heterocycles. The zero-order chi connectivity index (χ0) is 13.1. The highest BCUT2D eigenvalue weighted by atomic mass is 35.5. The Hall–Kier alpha value is -1.11. The summed E-state index contributed by atoms with van der Waals surface area (Å²) in [4.78, 5) is 13.8. The van der Waals surface area contributed by atoms with Crippen molar-refractivity contribution in [1.82, 2.24) is 10.1 Å². The molecular formula is C12H21ClN4O2. The van der Waals surface area contributed by atoms with E-state index < -0.39 is 0 Å².